The molecule has 0 spiro atoms. The summed E-state index contributed by atoms with van der Waals surface area (Å²) in [7, 11) is 2.90. The highest BCUT2D eigenvalue weighted by Crippen LogP contribution is 2.48. The predicted octanol–water partition coefficient (Wildman–Crippen LogP) is 4.09. The van der Waals surface area contributed by atoms with Crippen LogP contribution in [-0.2, 0) is 21.7 Å². The maximum atomic E-state index is 14.0. The molecule has 1 aliphatic rings. The Morgan fingerprint density at radius 1 is 1.42 bits per heavy atom. The first-order chi connectivity index (χ1) is 11.4. The molecular formula is C17H14BrClFNO3. The van der Waals surface area contributed by atoms with Gasteiger partial charge in [-0.25, -0.2) is 9.45 Å². The number of likely N-dealkylation sites (N-methyl/N-ethyl adjacent to an activating group) is 1. The first-order valence-corrected chi connectivity index (χ1v) is 8.31. The number of benzene rings is 2. The van der Waals surface area contributed by atoms with Crippen LogP contribution in [0.4, 0.5) is 4.39 Å². The largest absolute Gasteiger partial charge is 0.472 e. The van der Waals surface area contributed by atoms with Gasteiger partial charge in [0.15, 0.2) is 0 Å². The number of fused-ring (bicyclic) bond motifs is 1. The van der Waals surface area contributed by atoms with Gasteiger partial charge < -0.3 is 4.74 Å². The molecule has 1 heterocycles. The van der Waals surface area contributed by atoms with E-state index in [0.717, 1.165) is 5.06 Å². The van der Waals surface area contributed by atoms with Crippen LogP contribution in [0.3, 0.4) is 0 Å². The minimum Gasteiger partial charge on any atom is -0.472 e. The molecule has 3 rings (SSSR count). The Balaban J connectivity index is 2.16. The molecule has 126 valence electrons. The third kappa shape index (κ3) is 2.59. The Labute approximate surface area is 152 Å². The number of hydrogen-bond donors (Lipinski definition) is 0. The van der Waals surface area contributed by atoms with Crippen molar-refractivity contribution in [1.82, 2.24) is 5.06 Å². The number of rotatable bonds is 3. The van der Waals surface area contributed by atoms with Gasteiger partial charge in [-0.2, -0.15) is 0 Å². The summed E-state index contributed by atoms with van der Waals surface area (Å²) < 4.78 is 20.3. The Hall–Kier alpha value is -1.63. The van der Waals surface area contributed by atoms with Crippen LogP contribution in [0.1, 0.15) is 11.1 Å². The van der Waals surface area contributed by atoms with Gasteiger partial charge in [-0.1, -0.05) is 41.9 Å². The first-order valence-electron chi connectivity index (χ1n) is 7.14. The van der Waals surface area contributed by atoms with E-state index in [1.165, 1.54) is 20.2 Å². The van der Waals surface area contributed by atoms with Crippen molar-refractivity contribution in [3.05, 3.63) is 62.8 Å². The summed E-state index contributed by atoms with van der Waals surface area (Å²) in [6.07, 6.45) is 0.208. The van der Waals surface area contributed by atoms with Crippen LogP contribution >= 0.6 is 27.5 Å². The molecule has 0 radical (unpaired) electrons. The molecule has 0 saturated carbocycles. The second kappa shape index (κ2) is 6.35. The number of hydrogen-bond acceptors (Lipinski definition) is 3. The second-order valence-corrected chi connectivity index (χ2v) is 6.59. The molecule has 24 heavy (non-hydrogen) atoms. The molecule has 1 aliphatic heterocycles. The lowest BCUT2D eigenvalue weighted by Crippen LogP contribution is -2.48. The molecule has 7 heteroatoms. The highest BCUT2D eigenvalue weighted by atomic mass is 79.9. The summed E-state index contributed by atoms with van der Waals surface area (Å²) in [6, 6.07) is 10.2. The van der Waals surface area contributed by atoms with Crippen molar-refractivity contribution in [2.75, 3.05) is 14.2 Å². The summed E-state index contributed by atoms with van der Waals surface area (Å²) >= 11 is 9.27. The van der Waals surface area contributed by atoms with Crippen molar-refractivity contribution in [1.29, 1.82) is 0 Å². The van der Waals surface area contributed by atoms with E-state index in [9.17, 15) is 9.18 Å². The van der Waals surface area contributed by atoms with Gasteiger partial charge in [0.1, 0.15) is 11.6 Å². The Morgan fingerprint density at radius 3 is 2.71 bits per heavy atom. The summed E-state index contributed by atoms with van der Waals surface area (Å²) in [4.78, 5) is 18.0. The molecule has 4 nitrogen and oxygen atoms in total. The van der Waals surface area contributed by atoms with Crippen molar-refractivity contribution in [2.45, 2.75) is 12.0 Å². The molecule has 1 atom stereocenters. The number of carbonyl (C=O) groups excluding carboxylic acids is 1. The Bertz CT molecular complexity index is 802. The standard InChI is InChI=1S/C17H14BrClFNO3/c1-21(23-2)16(22)17(10-6-4-3-5-7-10)9-11-13(24-17)8-12(20)15(19)14(11)18/h3-8H,9H2,1-2H3. The van der Waals surface area contributed by atoms with Crippen LogP contribution in [0.2, 0.25) is 5.02 Å². The average molecular weight is 415 g/mol. The normalized spacial score (nSPS) is 18.9. The molecule has 0 aliphatic carbocycles. The predicted molar refractivity (Wildman–Crippen MR) is 91.3 cm³/mol. The lowest BCUT2D eigenvalue weighted by molar-refractivity contribution is -0.185. The average Bonchev–Trinajstić information content (AvgIpc) is 3.00. The number of nitrogens with zero attached hydrogens (tertiary/aromatic N) is 1. The highest BCUT2D eigenvalue weighted by molar-refractivity contribution is 9.10. The van der Waals surface area contributed by atoms with Gasteiger partial charge in [0.05, 0.1) is 12.1 Å². The van der Waals surface area contributed by atoms with Crippen LogP contribution in [0.5, 0.6) is 5.75 Å². The van der Waals surface area contributed by atoms with Gasteiger partial charge in [-0.3, -0.25) is 9.63 Å². The van der Waals surface area contributed by atoms with Crippen molar-refractivity contribution in [2.24, 2.45) is 0 Å². The SMILES string of the molecule is CON(C)C(=O)C1(c2ccccc2)Cc2c(cc(F)c(Cl)c2Br)O1. The minimum atomic E-state index is -1.34. The van der Waals surface area contributed by atoms with Crippen molar-refractivity contribution in [3.63, 3.8) is 0 Å². The quantitative estimate of drug-likeness (QED) is 0.561. The van der Waals surface area contributed by atoms with Crippen LogP contribution in [0, 0.1) is 5.82 Å². The molecule has 0 fully saturated rings. The summed E-state index contributed by atoms with van der Waals surface area (Å²) in [5.74, 6) is -0.722. The minimum absolute atomic E-state index is 0.0336. The van der Waals surface area contributed by atoms with Gasteiger partial charge in [0, 0.05) is 35.1 Å². The van der Waals surface area contributed by atoms with E-state index >= 15 is 0 Å². The third-order valence-electron chi connectivity index (χ3n) is 4.08. The zero-order chi connectivity index (χ0) is 17.5. The Kier molecular flexibility index (Phi) is 4.55. The van der Waals surface area contributed by atoms with E-state index in [1.807, 2.05) is 18.2 Å². The van der Waals surface area contributed by atoms with Crippen LogP contribution in [0.25, 0.3) is 0 Å². The van der Waals surface area contributed by atoms with Gasteiger partial charge in [-0.15, -0.1) is 0 Å². The Morgan fingerprint density at radius 2 is 2.08 bits per heavy atom. The topological polar surface area (TPSA) is 38.8 Å². The lowest BCUT2D eigenvalue weighted by atomic mass is 9.88. The zero-order valence-electron chi connectivity index (χ0n) is 13.0. The molecular weight excluding hydrogens is 401 g/mol. The van der Waals surface area contributed by atoms with Gasteiger partial charge in [0.25, 0.3) is 5.91 Å². The highest BCUT2D eigenvalue weighted by Gasteiger charge is 2.50. The fraction of sp³-hybridized carbons (Fsp3) is 0.235. The fourth-order valence-corrected chi connectivity index (χ4v) is 3.48. The summed E-state index contributed by atoms with van der Waals surface area (Å²) in [6.45, 7) is 0. The smallest absolute Gasteiger partial charge is 0.295 e. The number of ether oxygens (including phenoxy) is 1. The summed E-state index contributed by atoms with van der Waals surface area (Å²) in [5.41, 5.74) is -0.0461. The zero-order valence-corrected chi connectivity index (χ0v) is 15.3. The third-order valence-corrected chi connectivity index (χ3v) is 5.55. The van der Waals surface area contributed by atoms with Crippen LogP contribution in [-0.4, -0.2) is 25.1 Å². The molecule has 1 amide bonds. The van der Waals surface area contributed by atoms with E-state index in [1.54, 1.807) is 12.1 Å². The molecule has 0 saturated heterocycles. The van der Waals surface area contributed by atoms with Crippen molar-refractivity contribution in [3.8, 4) is 5.75 Å². The molecule has 2 aromatic rings. The molecule has 0 N–H and O–H groups in total. The van der Waals surface area contributed by atoms with Gasteiger partial charge >= 0.3 is 0 Å². The van der Waals surface area contributed by atoms with E-state index in [2.05, 4.69) is 15.9 Å². The molecule has 0 aromatic heterocycles. The van der Waals surface area contributed by atoms with Crippen LogP contribution in [0.15, 0.2) is 40.9 Å². The van der Waals surface area contributed by atoms with E-state index in [-0.39, 0.29) is 17.2 Å². The van der Waals surface area contributed by atoms with Gasteiger partial charge in [0.2, 0.25) is 5.60 Å². The first kappa shape index (κ1) is 17.2. The molecule has 1 unspecified atom stereocenters. The van der Waals surface area contributed by atoms with Crippen molar-refractivity contribution < 1.29 is 18.8 Å². The van der Waals surface area contributed by atoms with Gasteiger partial charge in [-0.05, 0) is 15.9 Å². The molecule has 0 bridgehead atoms. The number of amides is 1. The summed E-state index contributed by atoms with van der Waals surface area (Å²) in [5, 5.41) is 1.07. The number of carbonyl (C=O) groups is 1. The lowest BCUT2D eigenvalue weighted by Gasteiger charge is -2.31. The van der Waals surface area contributed by atoms with Crippen LogP contribution < -0.4 is 4.74 Å². The maximum absolute atomic E-state index is 14.0. The number of halogens is 3. The second-order valence-electron chi connectivity index (χ2n) is 5.42. The van der Waals surface area contributed by atoms with E-state index in [0.29, 0.717) is 15.6 Å². The monoisotopic (exact) mass is 413 g/mol. The van der Waals surface area contributed by atoms with E-state index < -0.39 is 17.3 Å². The fourth-order valence-electron chi connectivity index (χ4n) is 2.79. The number of hydroxylamine groups is 2. The molecule has 2 aromatic carbocycles. The maximum Gasteiger partial charge on any atom is 0.295 e. The van der Waals surface area contributed by atoms with E-state index in [4.69, 9.17) is 21.2 Å². The van der Waals surface area contributed by atoms with Crippen molar-refractivity contribution >= 4 is 33.4 Å².